The van der Waals surface area contributed by atoms with E-state index in [-0.39, 0.29) is 22.5 Å². The number of hydrogen-bond acceptors (Lipinski definition) is 4. The number of carbonyl (C=O) groups excluding carboxylic acids is 1. The fourth-order valence-electron chi connectivity index (χ4n) is 7.73. The van der Waals surface area contributed by atoms with Crippen LogP contribution in [-0.4, -0.2) is 44.3 Å². The first-order valence-electron chi connectivity index (χ1n) is 13.8. The van der Waals surface area contributed by atoms with Gasteiger partial charge in [0.15, 0.2) is 0 Å². The van der Waals surface area contributed by atoms with E-state index in [9.17, 15) is 14.7 Å². The number of carboxylic acids is 1. The second-order valence-corrected chi connectivity index (χ2v) is 12.6. The van der Waals surface area contributed by atoms with Crippen LogP contribution in [0.25, 0.3) is 10.9 Å². The van der Waals surface area contributed by atoms with Gasteiger partial charge in [0.05, 0.1) is 22.1 Å². The maximum absolute atomic E-state index is 16.1. The summed E-state index contributed by atoms with van der Waals surface area (Å²) in [6.45, 7) is 2.48. The summed E-state index contributed by atoms with van der Waals surface area (Å²) in [6.07, 6.45) is 2.76. The maximum Gasteiger partial charge on any atom is 0.336 e. The second kappa shape index (κ2) is 8.53. The van der Waals surface area contributed by atoms with Crippen molar-refractivity contribution in [2.75, 3.05) is 11.9 Å². The predicted molar refractivity (Wildman–Crippen MR) is 153 cm³/mol. The molecule has 0 radical (unpaired) electrons. The lowest BCUT2D eigenvalue weighted by Crippen LogP contribution is -2.53. The minimum absolute atomic E-state index is 0.00449. The van der Waals surface area contributed by atoms with Crippen LogP contribution in [0.3, 0.4) is 0 Å². The molecule has 3 aliphatic heterocycles. The molecule has 208 valence electrons. The molecule has 4 atom stereocenters. The van der Waals surface area contributed by atoms with Crippen LogP contribution in [0.15, 0.2) is 48.5 Å². The predicted octanol–water partition coefficient (Wildman–Crippen LogP) is 6.31. The summed E-state index contributed by atoms with van der Waals surface area (Å²) in [4.78, 5) is 28.6. The number of nitrogens with one attached hydrogen (secondary N) is 1. The van der Waals surface area contributed by atoms with Crippen LogP contribution in [0.4, 0.5) is 10.1 Å². The van der Waals surface area contributed by atoms with Crippen molar-refractivity contribution in [3.8, 4) is 0 Å². The molecule has 0 bridgehead atoms. The lowest BCUT2D eigenvalue weighted by Gasteiger charge is -2.40. The third-order valence-electron chi connectivity index (χ3n) is 9.56. The van der Waals surface area contributed by atoms with E-state index in [1.165, 1.54) is 6.07 Å². The second-order valence-electron chi connectivity index (χ2n) is 11.8. The molecule has 2 N–H and O–H groups in total. The number of carbonyl (C=O) groups is 2. The van der Waals surface area contributed by atoms with Crippen LogP contribution < -0.4 is 5.32 Å². The van der Waals surface area contributed by atoms with Crippen LogP contribution >= 0.6 is 23.2 Å². The zero-order chi connectivity index (χ0) is 28.4. The quantitative estimate of drug-likeness (QED) is 0.291. The minimum Gasteiger partial charge on any atom is -0.478 e. The number of hydrogen-bond donors (Lipinski definition) is 2. The number of anilines is 1. The van der Waals surface area contributed by atoms with Crippen molar-refractivity contribution in [2.45, 2.75) is 49.7 Å². The Morgan fingerprint density at radius 3 is 2.76 bits per heavy atom. The standard InChI is InChI=1S/C31H25Cl2FN4O3/c1-14-9-19-22(11-18(14)29(39)40)36-38-24(19)12-25-28(38)26(17-3-2-4-21(33)27(17)34)31(37(25)13-15-5-6-15)20-8-7-16(32)10-23(20)35-30(31)41/h2-4,7-11,15,25-26,28H,5-6,12-13H2,1H3,(H,35,41)(H,39,40)/t25-,26-,28+,31+/m0/s1. The van der Waals surface area contributed by atoms with Gasteiger partial charge < -0.3 is 10.4 Å². The molecule has 7 nitrogen and oxygen atoms in total. The SMILES string of the molecule is Cc1cc2c3n(nc2cc1C(=O)O)[C@@H]1[C@H](C3)N(CC2CC2)[C@@]2(C(=O)Nc3cc(Cl)ccc32)[C@H]1c1cccc(Cl)c1F. The van der Waals surface area contributed by atoms with Crippen molar-refractivity contribution in [3.05, 3.63) is 92.3 Å². The van der Waals surface area contributed by atoms with E-state index in [4.69, 9.17) is 28.3 Å². The van der Waals surface area contributed by atoms with Crippen LogP contribution in [0.5, 0.6) is 0 Å². The number of rotatable bonds is 4. The van der Waals surface area contributed by atoms with Gasteiger partial charge in [0.25, 0.3) is 0 Å². The van der Waals surface area contributed by atoms with Crippen LogP contribution in [0.2, 0.25) is 10.0 Å². The number of aryl methyl sites for hydroxylation is 1. The van der Waals surface area contributed by atoms with Gasteiger partial charge in [0, 0.05) is 52.3 Å². The Hall–Kier alpha value is -3.46. The number of aromatic nitrogens is 2. The Labute approximate surface area is 244 Å². The number of fused-ring (bicyclic) bond motifs is 7. The first kappa shape index (κ1) is 25.3. The van der Waals surface area contributed by atoms with Gasteiger partial charge in [0.2, 0.25) is 5.91 Å². The number of aromatic carboxylic acids is 1. The van der Waals surface area contributed by atoms with Gasteiger partial charge in [0.1, 0.15) is 11.4 Å². The summed E-state index contributed by atoms with van der Waals surface area (Å²) in [7, 11) is 0. The minimum atomic E-state index is -1.21. The summed E-state index contributed by atoms with van der Waals surface area (Å²) in [5, 5.41) is 19.1. The smallest absolute Gasteiger partial charge is 0.336 e. The van der Waals surface area contributed by atoms with E-state index in [1.54, 1.807) is 37.3 Å². The molecule has 1 aromatic heterocycles. The molecule has 4 aliphatic rings. The maximum atomic E-state index is 16.1. The van der Waals surface area contributed by atoms with Crippen LogP contribution in [0.1, 0.15) is 57.5 Å². The summed E-state index contributed by atoms with van der Waals surface area (Å²) in [6, 6.07) is 13.3. The van der Waals surface area contributed by atoms with Crippen molar-refractivity contribution < 1.29 is 19.1 Å². The first-order valence-corrected chi connectivity index (χ1v) is 14.5. The summed E-state index contributed by atoms with van der Waals surface area (Å²) < 4.78 is 18.0. The molecule has 1 amide bonds. The van der Waals surface area contributed by atoms with Gasteiger partial charge in [-0.05, 0) is 67.1 Å². The molecular weight excluding hydrogens is 566 g/mol. The number of carboxylic acid groups (broad SMARTS) is 1. The van der Waals surface area contributed by atoms with Crippen LogP contribution in [-0.2, 0) is 16.8 Å². The van der Waals surface area contributed by atoms with E-state index < -0.39 is 29.3 Å². The van der Waals surface area contributed by atoms with Gasteiger partial charge >= 0.3 is 5.97 Å². The van der Waals surface area contributed by atoms with Crippen molar-refractivity contribution in [3.63, 3.8) is 0 Å². The Balaban J connectivity index is 1.42. The molecular formula is C31H25Cl2FN4O3. The highest BCUT2D eigenvalue weighted by atomic mass is 35.5. The summed E-state index contributed by atoms with van der Waals surface area (Å²) >= 11 is 12.7. The van der Waals surface area contributed by atoms with E-state index in [2.05, 4.69) is 10.2 Å². The Kier molecular flexibility index (Phi) is 5.26. The lowest BCUT2D eigenvalue weighted by molar-refractivity contribution is -0.128. The monoisotopic (exact) mass is 590 g/mol. The van der Waals surface area contributed by atoms with Gasteiger partial charge in [-0.2, -0.15) is 5.10 Å². The fraction of sp³-hybridized carbons (Fsp3) is 0.323. The summed E-state index contributed by atoms with van der Waals surface area (Å²) in [5.74, 6) is -1.98. The molecule has 0 unspecified atom stereocenters. The molecule has 1 spiro atoms. The Morgan fingerprint density at radius 2 is 2.00 bits per heavy atom. The molecule has 4 heterocycles. The van der Waals surface area contributed by atoms with E-state index in [1.807, 2.05) is 16.8 Å². The van der Waals surface area contributed by atoms with E-state index >= 15 is 4.39 Å². The molecule has 1 aliphatic carbocycles. The third-order valence-corrected chi connectivity index (χ3v) is 10.1. The largest absolute Gasteiger partial charge is 0.478 e. The lowest BCUT2D eigenvalue weighted by atomic mass is 9.73. The highest BCUT2D eigenvalue weighted by Gasteiger charge is 2.69. The van der Waals surface area contributed by atoms with Crippen molar-refractivity contribution in [1.29, 1.82) is 0 Å². The van der Waals surface area contributed by atoms with E-state index in [0.717, 1.165) is 29.5 Å². The van der Waals surface area contributed by atoms with Gasteiger partial charge in [-0.3, -0.25) is 14.4 Å². The van der Waals surface area contributed by atoms with Gasteiger partial charge in [-0.25, -0.2) is 9.18 Å². The fourth-order valence-corrected chi connectivity index (χ4v) is 8.09. The Bertz CT molecular complexity index is 1840. The molecule has 41 heavy (non-hydrogen) atoms. The molecule has 3 aromatic carbocycles. The number of benzene rings is 3. The van der Waals surface area contributed by atoms with Gasteiger partial charge in [-0.1, -0.05) is 41.4 Å². The van der Waals surface area contributed by atoms with Gasteiger partial charge in [-0.15, -0.1) is 0 Å². The number of likely N-dealkylation sites (tertiary alicyclic amines) is 1. The number of nitrogens with zero attached hydrogens (tertiary/aromatic N) is 3. The molecule has 10 heteroatoms. The molecule has 8 rings (SSSR count). The highest BCUT2D eigenvalue weighted by Crippen LogP contribution is 2.64. The topological polar surface area (TPSA) is 87.5 Å². The molecule has 4 aromatic rings. The van der Waals surface area contributed by atoms with E-state index in [0.29, 0.717) is 46.2 Å². The molecule has 2 fully saturated rings. The number of amides is 1. The Morgan fingerprint density at radius 1 is 1.20 bits per heavy atom. The molecule has 1 saturated heterocycles. The molecule has 1 saturated carbocycles. The average molecular weight is 591 g/mol. The van der Waals surface area contributed by atoms with Crippen molar-refractivity contribution >= 4 is 51.7 Å². The number of halogens is 3. The normalized spacial score (nSPS) is 26.4. The average Bonchev–Trinajstić information content (AvgIpc) is 3.39. The van der Waals surface area contributed by atoms with Crippen molar-refractivity contribution in [1.82, 2.24) is 14.7 Å². The zero-order valence-corrected chi connectivity index (χ0v) is 23.5. The zero-order valence-electron chi connectivity index (χ0n) is 22.0. The first-order chi connectivity index (χ1) is 19.7. The third kappa shape index (κ3) is 3.32. The van der Waals surface area contributed by atoms with Crippen molar-refractivity contribution in [2.24, 2.45) is 5.92 Å². The summed E-state index contributed by atoms with van der Waals surface area (Å²) in [5.41, 5.74) is 2.94. The highest BCUT2D eigenvalue weighted by molar-refractivity contribution is 6.31. The van der Waals surface area contributed by atoms with Crippen LogP contribution in [0, 0.1) is 18.7 Å².